The Kier molecular flexibility index (Phi) is 4.38. The van der Waals surface area contributed by atoms with E-state index in [0.717, 1.165) is 11.3 Å². The summed E-state index contributed by atoms with van der Waals surface area (Å²) in [7, 11) is 0. The Labute approximate surface area is 118 Å². The summed E-state index contributed by atoms with van der Waals surface area (Å²) in [5.41, 5.74) is 5.87. The van der Waals surface area contributed by atoms with Crippen molar-refractivity contribution < 1.29 is 9.53 Å². The topological polar surface area (TPSA) is 64.3 Å². The van der Waals surface area contributed by atoms with E-state index in [1.807, 2.05) is 37.3 Å². The molecule has 4 nitrogen and oxygen atoms in total. The van der Waals surface area contributed by atoms with Crippen LogP contribution in [-0.4, -0.2) is 5.91 Å². The molecule has 20 heavy (non-hydrogen) atoms. The monoisotopic (exact) mass is 270 g/mol. The van der Waals surface area contributed by atoms with Crippen LogP contribution in [0.1, 0.15) is 27.0 Å². The van der Waals surface area contributed by atoms with Crippen LogP contribution in [0, 0.1) is 13.8 Å². The number of nitrogens with two attached hydrogens (primary N) is 1. The number of carbonyl (C=O) groups is 1. The molecule has 104 valence electrons. The molecule has 3 N–H and O–H groups in total. The summed E-state index contributed by atoms with van der Waals surface area (Å²) < 4.78 is 5.74. The minimum Gasteiger partial charge on any atom is -0.489 e. The predicted molar refractivity (Wildman–Crippen MR) is 78.3 cm³/mol. The number of ether oxygens (including phenoxy) is 1. The second-order valence-corrected chi connectivity index (χ2v) is 4.67. The van der Waals surface area contributed by atoms with Gasteiger partial charge in [0.1, 0.15) is 12.4 Å². The maximum Gasteiger partial charge on any atom is 0.265 e. The van der Waals surface area contributed by atoms with Crippen molar-refractivity contribution in [3.8, 4) is 5.75 Å². The van der Waals surface area contributed by atoms with Crippen molar-refractivity contribution in [1.82, 2.24) is 5.43 Å². The first kappa shape index (κ1) is 14.1. The lowest BCUT2D eigenvalue weighted by Gasteiger charge is -2.11. The highest BCUT2D eigenvalue weighted by Crippen LogP contribution is 2.18. The van der Waals surface area contributed by atoms with Crippen LogP contribution in [0.2, 0.25) is 0 Å². The Hall–Kier alpha value is -2.33. The van der Waals surface area contributed by atoms with Crippen LogP contribution in [0.15, 0.2) is 42.5 Å². The number of amides is 1. The summed E-state index contributed by atoms with van der Waals surface area (Å²) in [5, 5.41) is 0. The maximum absolute atomic E-state index is 11.7. The summed E-state index contributed by atoms with van der Waals surface area (Å²) in [4.78, 5) is 11.7. The summed E-state index contributed by atoms with van der Waals surface area (Å²) >= 11 is 0. The van der Waals surface area contributed by atoms with Crippen LogP contribution in [0.25, 0.3) is 0 Å². The molecule has 0 aromatic heterocycles. The van der Waals surface area contributed by atoms with E-state index < -0.39 is 0 Å². The number of carbonyl (C=O) groups excluding carboxylic acids is 1. The number of hydrogen-bond donors (Lipinski definition) is 2. The molecule has 0 unspecified atom stereocenters. The average molecular weight is 270 g/mol. The normalized spacial score (nSPS) is 10.2. The lowest BCUT2D eigenvalue weighted by atomic mass is 10.1. The van der Waals surface area contributed by atoms with Gasteiger partial charge in [-0.25, -0.2) is 5.84 Å². The van der Waals surface area contributed by atoms with Gasteiger partial charge in [0.25, 0.3) is 5.91 Å². The molecule has 1 amide bonds. The van der Waals surface area contributed by atoms with Gasteiger partial charge in [0.2, 0.25) is 0 Å². The fraction of sp³-hybridized carbons (Fsp3) is 0.188. The van der Waals surface area contributed by atoms with Gasteiger partial charge in [0, 0.05) is 11.1 Å². The Morgan fingerprint density at radius 2 is 1.90 bits per heavy atom. The molecule has 0 bridgehead atoms. The van der Waals surface area contributed by atoms with Crippen molar-refractivity contribution >= 4 is 5.91 Å². The highest BCUT2D eigenvalue weighted by Gasteiger charge is 2.09. The number of nitrogen functional groups attached to an aromatic ring is 1. The first-order valence-electron chi connectivity index (χ1n) is 6.40. The lowest BCUT2D eigenvalue weighted by molar-refractivity contribution is 0.0951. The standard InChI is InChI=1S/C16H18N2O2/c1-11-7-8-14(9-12(11)2)20-10-13-5-3-4-6-15(13)16(19)18-17/h3-9H,10,17H2,1-2H3,(H,18,19). The molecule has 0 radical (unpaired) electrons. The number of aryl methyl sites for hydroxylation is 2. The fourth-order valence-electron chi connectivity index (χ4n) is 1.91. The first-order chi connectivity index (χ1) is 9.61. The SMILES string of the molecule is Cc1ccc(OCc2ccccc2C(=O)NN)cc1C. The van der Waals surface area contributed by atoms with Gasteiger partial charge in [0.05, 0.1) is 0 Å². The summed E-state index contributed by atoms with van der Waals surface area (Å²) in [6.45, 7) is 4.42. The molecule has 0 aliphatic heterocycles. The van der Waals surface area contributed by atoms with Crippen molar-refractivity contribution in [3.63, 3.8) is 0 Å². The second-order valence-electron chi connectivity index (χ2n) is 4.67. The molecule has 0 heterocycles. The smallest absolute Gasteiger partial charge is 0.265 e. The Morgan fingerprint density at radius 1 is 1.15 bits per heavy atom. The molecule has 0 aliphatic rings. The quantitative estimate of drug-likeness (QED) is 0.509. The molecule has 0 fully saturated rings. The van der Waals surface area contributed by atoms with Crippen LogP contribution in [0.5, 0.6) is 5.75 Å². The van der Waals surface area contributed by atoms with Crippen LogP contribution in [0.4, 0.5) is 0 Å². The zero-order chi connectivity index (χ0) is 14.5. The molecule has 0 spiro atoms. The van der Waals surface area contributed by atoms with Gasteiger partial charge < -0.3 is 4.74 Å². The van der Waals surface area contributed by atoms with E-state index in [1.54, 1.807) is 12.1 Å². The van der Waals surface area contributed by atoms with Crippen LogP contribution < -0.4 is 16.0 Å². The number of benzene rings is 2. The highest BCUT2D eigenvalue weighted by molar-refractivity contribution is 5.95. The number of hydrazine groups is 1. The summed E-state index contributed by atoms with van der Waals surface area (Å²) in [6.07, 6.45) is 0. The minimum atomic E-state index is -0.315. The van der Waals surface area contributed by atoms with E-state index in [1.165, 1.54) is 11.1 Å². The molecule has 0 atom stereocenters. The van der Waals surface area contributed by atoms with E-state index in [2.05, 4.69) is 12.3 Å². The fourth-order valence-corrected chi connectivity index (χ4v) is 1.91. The van der Waals surface area contributed by atoms with Crippen molar-refractivity contribution in [2.45, 2.75) is 20.5 Å². The largest absolute Gasteiger partial charge is 0.489 e. The van der Waals surface area contributed by atoms with Gasteiger partial charge in [-0.1, -0.05) is 24.3 Å². The van der Waals surface area contributed by atoms with E-state index in [0.29, 0.717) is 12.2 Å². The van der Waals surface area contributed by atoms with Crippen LogP contribution in [0.3, 0.4) is 0 Å². The van der Waals surface area contributed by atoms with Crippen LogP contribution >= 0.6 is 0 Å². The van der Waals surface area contributed by atoms with Gasteiger partial charge in [-0.3, -0.25) is 10.2 Å². The van der Waals surface area contributed by atoms with E-state index in [-0.39, 0.29) is 5.91 Å². The van der Waals surface area contributed by atoms with Crippen molar-refractivity contribution in [1.29, 1.82) is 0 Å². The number of hydrogen-bond acceptors (Lipinski definition) is 3. The van der Waals surface area contributed by atoms with E-state index in [9.17, 15) is 4.79 Å². The van der Waals surface area contributed by atoms with E-state index >= 15 is 0 Å². The first-order valence-corrected chi connectivity index (χ1v) is 6.40. The van der Waals surface area contributed by atoms with Gasteiger partial charge >= 0.3 is 0 Å². The third-order valence-corrected chi connectivity index (χ3v) is 3.27. The van der Waals surface area contributed by atoms with Gasteiger partial charge in [-0.05, 0) is 43.2 Å². The molecule has 0 saturated carbocycles. The number of rotatable bonds is 4. The predicted octanol–water partition coefficient (Wildman–Crippen LogP) is 2.49. The molecular formula is C16H18N2O2. The molecule has 4 heteroatoms. The molecule has 2 rings (SSSR count). The Morgan fingerprint density at radius 3 is 2.60 bits per heavy atom. The van der Waals surface area contributed by atoms with Gasteiger partial charge in [-0.2, -0.15) is 0 Å². The second kappa shape index (κ2) is 6.21. The zero-order valence-corrected chi connectivity index (χ0v) is 11.6. The average Bonchev–Trinajstić information content (AvgIpc) is 2.48. The van der Waals surface area contributed by atoms with Gasteiger partial charge in [-0.15, -0.1) is 0 Å². The van der Waals surface area contributed by atoms with Crippen LogP contribution in [-0.2, 0) is 6.61 Å². The molecule has 2 aromatic rings. The molecule has 0 aliphatic carbocycles. The minimum absolute atomic E-state index is 0.315. The molecule has 2 aromatic carbocycles. The lowest BCUT2D eigenvalue weighted by Crippen LogP contribution is -2.30. The third-order valence-electron chi connectivity index (χ3n) is 3.27. The number of nitrogens with one attached hydrogen (secondary N) is 1. The Bertz CT molecular complexity index is 624. The summed E-state index contributed by atoms with van der Waals surface area (Å²) in [6, 6.07) is 13.2. The summed E-state index contributed by atoms with van der Waals surface area (Å²) in [5.74, 6) is 5.65. The van der Waals surface area contributed by atoms with E-state index in [4.69, 9.17) is 10.6 Å². The van der Waals surface area contributed by atoms with Crippen molar-refractivity contribution in [2.24, 2.45) is 5.84 Å². The maximum atomic E-state index is 11.7. The molecular weight excluding hydrogens is 252 g/mol. The Balaban J connectivity index is 2.14. The molecule has 0 saturated heterocycles. The van der Waals surface area contributed by atoms with Crippen molar-refractivity contribution in [2.75, 3.05) is 0 Å². The van der Waals surface area contributed by atoms with Gasteiger partial charge in [0.15, 0.2) is 0 Å². The third kappa shape index (κ3) is 3.16. The highest BCUT2D eigenvalue weighted by atomic mass is 16.5. The zero-order valence-electron chi connectivity index (χ0n) is 11.6. The van der Waals surface area contributed by atoms with Crippen molar-refractivity contribution in [3.05, 3.63) is 64.7 Å².